The van der Waals surface area contributed by atoms with Crippen LogP contribution in [0.15, 0.2) is 53.4 Å². The number of ether oxygens (including phenoxy) is 3. The second-order valence-electron chi connectivity index (χ2n) is 7.21. The van der Waals surface area contributed by atoms with Gasteiger partial charge in [0.15, 0.2) is 0 Å². The first-order chi connectivity index (χ1) is 15.8. The summed E-state index contributed by atoms with van der Waals surface area (Å²) in [6.07, 6.45) is -0.411. The van der Waals surface area contributed by atoms with Gasteiger partial charge in [0.05, 0.1) is 32.3 Å². The van der Waals surface area contributed by atoms with Crippen molar-refractivity contribution in [3.8, 4) is 11.5 Å². The lowest BCUT2D eigenvalue weighted by atomic mass is 10.2. The molecule has 2 aromatic carbocycles. The zero-order chi connectivity index (χ0) is 23.8. The minimum Gasteiger partial charge on any atom is -0.497 e. The average Bonchev–Trinajstić information content (AvgIpc) is 2.86. The van der Waals surface area contributed by atoms with Gasteiger partial charge in [-0.2, -0.15) is 4.31 Å². The largest absolute Gasteiger partial charge is 0.497 e. The summed E-state index contributed by atoms with van der Waals surface area (Å²) < 4.78 is 43.1. The van der Waals surface area contributed by atoms with E-state index in [1.54, 1.807) is 43.5 Å². The first kappa shape index (κ1) is 24.5. The van der Waals surface area contributed by atoms with Crippen molar-refractivity contribution >= 4 is 21.8 Å². The molecule has 1 saturated heterocycles. The van der Waals surface area contributed by atoms with Gasteiger partial charge in [0.1, 0.15) is 17.7 Å². The molecule has 0 saturated carbocycles. The van der Waals surface area contributed by atoms with Crippen LogP contribution in [0.25, 0.3) is 0 Å². The molecule has 2 amide bonds. The summed E-state index contributed by atoms with van der Waals surface area (Å²) >= 11 is 0. The number of hydrogen-bond acceptors (Lipinski definition) is 7. The van der Waals surface area contributed by atoms with E-state index in [9.17, 15) is 18.0 Å². The van der Waals surface area contributed by atoms with Crippen molar-refractivity contribution in [1.82, 2.24) is 14.9 Å². The van der Waals surface area contributed by atoms with E-state index in [-0.39, 0.29) is 24.5 Å². The summed E-state index contributed by atoms with van der Waals surface area (Å²) in [6, 6.07) is 13.1. The highest BCUT2D eigenvalue weighted by molar-refractivity contribution is 7.89. The molecule has 1 heterocycles. The fourth-order valence-corrected chi connectivity index (χ4v) is 4.82. The second kappa shape index (κ2) is 11.1. The summed E-state index contributed by atoms with van der Waals surface area (Å²) in [5, 5.41) is 4.98. The predicted octanol–water partition coefficient (Wildman–Crippen LogP) is 0.874. The van der Waals surface area contributed by atoms with Crippen LogP contribution in [0.4, 0.5) is 0 Å². The molecule has 0 bridgehead atoms. The summed E-state index contributed by atoms with van der Waals surface area (Å²) in [7, 11) is -0.816. The molecule has 1 atom stereocenters. The van der Waals surface area contributed by atoms with Crippen molar-refractivity contribution in [1.29, 1.82) is 0 Å². The fraction of sp³-hybridized carbons (Fsp3) is 0.364. The van der Waals surface area contributed by atoms with E-state index < -0.39 is 28.1 Å². The SMILES string of the molecule is COc1ccc(CNC(=O)C(=O)NC[C@@H]2OCCCN2S(=O)(=O)c2ccc(OC)cc2)cc1. The second-order valence-corrected chi connectivity index (χ2v) is 9.10. The number of amides is 2. The lowest BCUT2D eigenvalue weighted by Gasteiger charge is -2.34. The highest BCUT2D eigenvalue weighted by atomic mass is 32.2. The van der Waals surface area contributed by atoms with Crippen LogP contribution >= 0.6 is 0 Å². The van der Waals surface area contributed by atoms with Crippen LogP contribution in [-0.4, -0.2) is 64.7 Å². The van der Waals surface area contributed by atoms with Gasteiger partial charge in [0.2, 0.25) is 10.0 Å². The lowest BCUT2D eigenvalue weighted by Crippen LogP contribution is -2.53. The fourth-order valence-electron chi connectivity index (χ4n) is 3.25. The molecule has 178 valence electrons. The third kappa shape index (κ3) is 6.21. The van der Waals surface area contributed by atoms with Crippen LogP contribution in [0.2, 0.25) is 0 Å². The van der Waals surface area contributed by atoms with Gasteiger partial charge in [-0.25, -0.2) is 8.42 Å². The Morgan fingerprint density at radius 1 is 0.970 bits per heavy atom. The molecule has 1 aliphatic heterocycles. The molecule has 3 rings (SSSR count). The molecule has 0 aromatic heterocycles. The van der Waals surface area contributed by atoms with Crippen LogP contribution in [0.3, 0.4) is 0 Å². The van der Waals surface area contributed by atoms with E-state index in [0.29, 0.717) is 24.5 Å². The van der Waals surface area contributed by atoms with Crippen molar-refractivity contribution < 1.29 is 32.2 Å². The maximum Gasteiger partial charge on any atom is 0.309 e. The quantitative estimate of drug-likeness (QED) is 0.541. The number of hydrogen-bond donors (Lipinski definition) is 2. The van der Waals surface area contributed by atoms with Crippen molar-refractivity contribution in [2.75, 3.05) is 33.9 Å². The third-order valence-electron chi connectivity index (χ3n) is 5.08. The molecule has 1 aliphatic rings. The Morgan fingerprint density at radius 2 is 1.55 bits per heavy atom. The Morgan fingerprint density at radius 3 is 2.15 bits per heavy atom. The third-order valence-corrected chi connectivity index (χ3v) is 6.98. The topological polar surface area (TPSA) is 123 Å². The number of nitrogens with zero attached hydrogens (tertiary/aromatic N) is 1. The maximum atomic E-state index is 13.1. The maximum absolute atomic E-state index is 13.1. The van der Waals surface area contributed by atoms with Gasteiger partial charge in [0.25, 0.3) is 0 Å². The number of rotatable bonds is 8. The summed E-state index contributed by atoms with van der Waals surface area (Å²) in [5.74, 6) is -0.483. The van der Waals surface area contributed by atoms with Gasteiger partial charge in [-0.15, -0.1) is 0 Å². The van der Waals surface area contributed by atoms with Crippen molar-refractivity contribution in [3.05, 3.63) is 54.1 Å². The molecule has 0 radical (unpaired) electrons. The molecule has 33 heavy (non-hydrogen) atoms. The zero-order valence-electron chi connectivity index (χ0n) is 18.4. The Labute approximate surface area is 192 Å². The van der Waals surface area contributed by atoms with E-state index in [0.717, 1.165) is 5.56 Å². The summed E-state index contributed by atoms with van der Waals surface area (Å²) in [6.45, 7) is 0.579. The van der Waals surface area contributed by atoms with Gasteiger partial charge in [-0.1, -0.05) is 12.1 Å². The van der Waals surface area contributed by atoms with Crippen LogP contribution in [0.5, 0.6) is 11.5 Å². The van der Waals surface area contributed by atoms with E-state index in [2.05, 4.69) is 10.6 Å². The minimum absolute atomic E-state index is 0.0855. The Bertz CT molecular complexity index is 1060. The molecular formula is C22H27N3O7S. The molecule has 2 aromatic rings. The number of carbonyl (C=O) groups is 2. The summed E-state index contributed by atoms with van der Waals surface area (Å²) in [4.78, 5) is 24.4. The Kier molecular flexibility index (Phi) is 8.26. The monoisotopic (exact) mass is 477 g/mol. The van der Waals surface area contributed by atoms with Gasteiger partial charge in [-0.3, -0.25) is 9.59 Å². The van der Waals surface area contributed by atoms with Crippen LogP contribution < -0.4 is 20.1 Å². The predicted molar refractivity (Wildman–Crippen MR) is 119 cm³/mol. The van der Waals surface area contributed by atoms with Gasteiger partial charge in [0, 0.05) is 13.1 Å². The molecule has 0 aliphatic carbocycles. The average molecular weight is 478 g/mol. The van der Waals surface area contributed by atoms with E-state index in [1.165, 1.54) is 23.5 Å². The number of benzene rings is 2. The first-order valence-corrected chi connectivity index (χ1v) is 11.8. The Balaban J connectivity index is 1.57. The van der Waals surface area contributed by atoms with Gasteiger partial charge in [-0.05, 0) is 48.4 Å². The minimum atomic E-state index is -3.87. The van der Waals surface area contributed by atoms with Crippen LogP contribution in [-0.2, 0) is 30.9 Å². The molecule has 10 nitrogen and oxygen atoms in total. The smallest absolute Gasteiger partial charge is 0.309 e. The first-order valence-electron chi connectivity index (χ1n) is 10.3. The Hall–Kier alpha value is -3.15. The number of methoxy groups -OCH3 is 2. The molecule has 0 unspecified atom stereocenters. The van der Waals surface area contributed by atoms with E-state index in [1.807, 2.05) is 0 Å². The zero-order valence-corrected chi connectivity index (χ0v) is 19.3. The number of sulfonamides is 1. The molecule has 2 N–H and O–H groups in total. The van der Waals surface area contributed by atoms with E-state index in [4.69, 9.17) is 14.2 Å². The van der Waals surface area contributed by atoms with Crippen molar-refractivity contribution in [2.45, 2.75) is 24.1 Å². The molecule has 0 spiro atoms. The van der Waals surface area contributed by atoms with Crippen molar-refractivity contribution in [2.24, 2.45) is 0 Å². The molecule has 11 heteroatoms. The lowest BCUT2D eigenvalue weighted by molar-refractivity contribution is -0.140. The van der Waals surface area contributed by atoms with E-state index >= 15 is 0 Å². The highest BCUT2D eigenvalue weighted by Crippen LogP contribution is 2.23. The number of carbonyl (C=O) groups excluding carboxylic acids is 2. The normalized spacial score (nSPS) is 16.6. The molecule has 1 fully saturated rings. The van der Waals surface area contributed by atoms with Gasteiger partial charge < -0.3 is 24.8 Å². The van der Waals surface area contributed by atoms with Crippen LogP contribution in [0.1, 0.15) is 12.0 Å². The van der Waals surface area contributed by atoms with Crippen LogP contribution in [0, 0.1) is 0 Å². The highest BCUT2D eigenvalue weighted by Gasteiger charge is 2.35. The number of nitrogens with one attached hydrogen (secondary N) is 2. The van der Waals surface area contributed by atoms with Gasteiger partial charge >= 0.3 is 11.8 Å². The van der Waals surface area contributed by atoms with Crippen molar-refractivity contribution in [3.63, 3.8) is 0 Å². The molecular weight excluding hydrogens is 450 g/mol. The summed E-state index contributed by atoms with van der Waals surface area (Å²) in [5.41, 5.74) is 0.796. The standard InChI is InChI=1S/C22H27N3O7S/c1-30-17-6-4-16(5-7-17)14-23-21(26)22(27)24-15-20-25(12-3-13-32-20)33(28,29)19-10-8-18(31-2)9-11-19/h4-11,20H,3,12-15H2,1-2H3,(H,23,26)(H,24,27)/t20-/m0/s1.